The highest BCUT2D eigenvalue weighted by molar-refractivity contribution is 9.10. The highest BCUT2D eigenvalue weighted by atomic mass is 79.9. The molecule has 0 aliphatic heterocycles. The van der Waals surface area contributed by atoms with Gasteiger partial charge in [0.1, 0.15) is 11.5 Å². The molecular formula is C20H9BrCl2NO3-. The number of nitrogens with zero attached hydrogens (tertiary/aromatic N) is 1. The van der Waals surface area contributed by atoms with E-state index in [1.165, 1.54) is 6.07 Å². The van der Waals surface area contributed by atoms with Gasteiger partial charge in [0.2, 0.25) is 0 Å². The molecule has 27 heavy (non-hydrogen) atoms. The number of fused-ring (bicyclic) bond motifs is 1. The van der Waals surface area contributed by atoms with Crippen molar-refractivity contribution in [3.05, 3.63) is 74.7 Å². The fourth-order valence-corrected chi connectivity index (χ4v) is 3.43. The second-order valence-corrected chi connectivity index (χ2v) is 7.53. The van der Waals surface area contributed by atoms with Gasteiger partial charge in [-0.25, -0.2) is 4.98 Å². The average molecular weight is 462 g/mol. The number of hydrogen-bond donors (Lipinski definition) is 0. The van der Waals surface area contributed by atoms with Gasteiger partial charge in [-0.2, -0.15) is 0 Å². The van der Waals surface area contributed by atoms with Crippen molar-refractivity contribution in [2.24, 2.45) is 0 Å². The van der Waals surface area contributed by atoms with Gasteiger partial charge in [-0.05, 0) is 54.6 Å². The minimum atomic E-state index is -1.28. The summed E-state index contributed by atoms with van der Waals surface area (Å²) in [5.74, 6) is -0.280. The number of carboxylic acids is 1. The molecule has 0 aliphatic rings. The van der Waals surface area contributed by atoms with Crippen LogP contribution < -0.4 is 5.11 Å². The Hall–Kier alpha value is -2.34. The third-order valence-electron chi connectivity index (χ3n) is 4.05. The molecule has 0 saturated carbocycles. The van der Waals surface area contributed by atoms with E-state index in [1.807, 2.05) is 0 Å². The van der Waals surface area contributed by atoms with Crippen molar-refractivity contribution in [1.82, 2.24) is 4.98 Å². The first-order valence-corrected chi connectivity index (χ1v) is 9.34. The molecule has 2 aromatic heterocycles. The van der Waals surface area contributed by atoms with Gasteiger partial charge in [-0.3, -0.25) is 0 Å². The molecule has 7 heteroatoms. The van der Waals surface area contributed by atoms with Crippen LogP contribution in [0.15, 0.2) is 63.5 Å². The van der Waals surface area contributed by atoms with Crippen LogP contribution in [0, 0.1) is 0 Å². The highest BCUT2D eigenvalue weighted by Gasteiger charge is 2.13. The lowest BCUT2D eigenvalue weighted by molar-refractivity contribution is -0.254. The molecule has 0 saturated heterocycles. The third kappa shape index (κ3) is 3.46. The van der Waals surface area contributed by atoms with Crippen LogP contribution in [0.2, 0.25) is 10.0 Å². The van der Waals surface area contributed by atoms with Gasteiger partial charge in [0.15, 0.2) is 5.76 Å². The Balaban J connectivity index is 1.83. The van der Waals surface area contributed by atoms with Crippen LogP contribution >= 0.6 is 39.1 Å². The molecular weight excluding hydrogens is 453 g/mol. The Kier molecular flexibility index (Phi) is 4.68. The summed E-state index contributed by atoms with van der Waals surface area (Å²) in [4.78, 5) is 16.1. The molecule has 0 unspecified atom stereocenters. The number of rotatable bonds is 3. The summed E-state index contributed by atoms with van der Waals surface area (Å²) >= 11 is 15.3. The van der Waals surface area contributed by atoms with Crippen LogP contribution in [0.3, 0.4) is 0 Å². The van der Waals surface area contributed by atoms with E-state index >= 15 is 0 Å². The number of aromatic carboxylic acids is 1. The normalized spacial score (nSPS) is 11.1. The van der Waals surface area contributed by atoms with Crippen LogP contribution in [0.5, 0.6) is 0 Å². The Morgan fingerprint density at radius 1 is 0.963 bits per heavy atom. The van der Waals surface area contributed by atoms with Gasteiger partial charge in [-0.15, -0.1) is 0 Å². The monoisotopic (exact) mass is 460 g/mol. The number of benzene rings is 2. The zero-order chi connectivity index (χ0) is 19.1. The quantitative estimate of drug-likeness (QED) is 0.398. The zero-order valence-corrected chi connectivity index (χ0v) is 16.6. The van der Waals surface area contributed by atoms with Gasteiger partial charge in [0.05, 0.1) is 21.5 Å². The molecule has 4 nitrogen and oxygen atoms in total. The van der Waals surface area contributed by atoms with Crippen molar-refractivity contribution in [2.45, 2.75) is 0 Å². The van der Waals surface area contributed by atoms with E-state index in [4.69, 9.17) is 27.6 Å². The number of carbonyl (C=O) groups excluding carboxylic acids is 1. The van der Waals surface area contributed by atoms with Crippen LogP contribution in [-0.4, -0.2) is 11.0 Å². The second-order valence-electron chi connectivity index (χ2n) is 5.80. The average Bonchev–Trinajstić information content (AvgIpc) is 3.13. The summed E-state index contributed by atoms with van der Waals surface area (Å²) in [6.45, 7) is 0. The first-order valence-electron chi connectivity index (χ1n) is 7.79. The molecule has 4 rings (SSSR count). The number of halogens is 3. The second kappa shape index (κ2) is 7.00. The number of pyridine rings is 1. The van der Waals surface area contributed by atoms with Crippen molar-refractivity contribution >= 4 is 56.0 Å². The lowest BCUT2D eigenvalue weighted by Crippen LogP contribution is -2.22. The molecule has 0 N–H and O–H groups in total. The standard InChI is InChI=1S/C20H10BrCl2NO3/c21-11-2-4-16-12(8-11)13(20(25)26)9-17(24-16)19-6-5-18(27-19)10-1-3-14(22)15(23)7-10/h1-9H,(H,25,26)/p-1. The molecule has 0 amide bonds. The lowest BCUT2D eigenvalue weighted by atomic mass is 10.1. The molecule has 0 bridgehead atoms. The Morgan fingerprint density at radius 2 is 1.74 bits per heavy atom. The zero-order valence-electron chi connectivity index (χ0n) is 13.5. The molecule has 0 fully saturated rings. The van der Waals surface area contributed by atoms with Crippen LogP contribution in [0.25, 0.3) is 33.7 Å². The van der Waals surface area contributed by atoms with Crippen molar-refractivity contribution in [3.8, 4) is 22.8 Å². The van der Waals surface area contributed by atoms with E-state index < -0.39 is 5.97 Å². The predicted octanol–water partition coefficient (Wildman–Crippen LogP) is 5.59. The van der Waals surface area contributed by atoms with E-state index in [-0.39, 0.29) is 5.56 Å². The molecule has 0 radical (unpaired) electrons. The topological polar surface area (TPSA) is 66.2 Å². The van der Waals surface area contributed by atoms with E-state index in [1.54, 1.807) is 48.5 Å². The number of furan rings is 1. The smallest absolute Gasteiger partial charge is 0.153 e. The minimum Gasteiger partial charge on any atom is -0.545 e. The number of carbonyl (C=O) groups is 1. The highest BCUT2D eigenvalue weighted by Crippen LogP contribution is 2.33. The minimum absolute atomic E-state index is 0.0452. The van der Waals surface area contributed by atoms with Crippen LogP contribution in [0.4, 0.5) is 0 Å². The van der Waals surface area contributed by atoms with Gasteiger partial charge in [0.25, 0.3) is 0 Å². The fourth-order valence-electron chi connectivity index (χ4n) is 2.77. The summed E-state index contributed by atoms with van der Waals surface area (Å²) in [7, 11) is 0. The number of carboxylic acid groups (broad SMARTS) is 1. The SMILES string of the molecule is O=C([O-])c1cc(-c2ccc(-c3ccc(Cl)c(Cl)c3)o2)nc2ccc(Br)cc12. The van der Waals surface area contributed by atoms with Crippen molar-refractivity contribution < 1.29 is 14.3 Å². The van der Waals surface area contributed by atoms with Crippen molar-refractivity contribution in [2.75, 3.05) is 0 Å². The van der Waals surface area contributed by atoms with E-state index in [2.05, 4.69) is 20.9 Å². The summed E-state index contributed by atoms with van der Waals surface area (Å²) < 4.78 is 6.63. The maximum atomic E-state index is 11.6. The first kappa shape index (κ1) is 18.0. The van der Waals surface area contributed by atoms with Crippen molar-refractivity contribution in [3.63, 3.8) is 0 Å². The summed E-state index contributed by atoms with van der Waals surface area (Å²) in [6.07, 6.45) is 0. The molecule has 2 heterocycles. The van der Waals surface area contributed by atoms with Crippen LogP contribution in [-0.2, 0) is 0 Å². The van der Waals surface area contributed by atoms with E-state index in [0.29, 0.717) is 38.2 Å². The maximum Gasteiger partial charge on any atom is 0.153 e. The first-order chi connectivity index (χ1) is 12.9. The Morgan fingerprint density at radius 3 is 2.48 bits per heavy atom. The van der Waals surface area contributed by atoms with Gasteiger partial charge < -0.3 is 14.3 Å². The third-order valence-corrected chi connectivity index (χ3v) is 5.29. The maximum absolute atomic E-state index is 11.6. The lowest BCUT2D eigenvalue weighted by Gasteiger charge is -2.10. The fraction of sp³-hybridized carbons (Fsp3) is 0. The molecule has 2 aromatic carbocycles. The van der Waals surface area contributed by atoms with Gasteiger partial charge in [0, 0.05) is 21.0 Å². The Labute approximate surface area is 172 Å². The molecule has 0 atom stereocenters. The largest absolute Gasteiger partial charge is 0.545 e. The number of hydrogen-bond acceptors (Lipinski definition) is 4. The summed E-state index contributed by atoms with van der Waals surface area (Å²) in [5.41, 5.74) is 1.72. The number of aromatic nitrogens is 1. The molecule has 0 aliphatic carbocycles. The van der Waals surface area contributed by atoms with Crippen LogP contribution in [0.1, 0.15) is 10.4 Å². The van der Waals surface area contributed by atoms with Gasteiger partial charge in [-0.1, -0.05) is 39.1 Å². The molecule has 134 valence electrons. The van der Waals surface area contributed by atoms with E-state index in [0.717, 1.165) is 10.0 Å². The molecule has 4 aromatic rings. The summed E-state index contributed by atoms with van der Waals surface area (Å²) in [6, 6.07) is 15.3. The Bertz CT molecular complexity index is 1200. The molecule has 0 spiro atoms. The van der Waals surface area contributed by atoms with Crippen molar-refractivity contribution in [1.29, 1.82) is 0 Å². The predicted molar refractivity (Wildman–Crippen MR) is 107 cm³/mol. The summed E-state index contributed by atoms with van der Waals surface area (Å²) in [5, 5.41) is 13.0. The van der Waals surface area contributed by atoms with Gasteiger partial charge >= 0.3 is 0 Å². The van der Waals surface area contributed by atoms with E-state index in [9.17, 15) is 9.90 Å².